The van der Waals surface area contributed by atoms with Crippen LogP contribution in [0.15, 0.2) is 78.9 Å². The lowest BCUT2D eigenvalue weighted by atomic mass is 9.92. The fourth-order valence-electron chi connectivity index (χ4n) is 4.90. The molecule has 3 aromatic carbocycles. The van der Waals surface area contributed by atoms with E-state index in [9.17, 15) is 4.79 Å². The molecular weight excluding hydrogens is 420 g/mol. The number of pyridine rings is 1. The first kappa shape index (κ1) is 22.1. The molecule has 0 spiro atoms. The molecule has 1 saturated heterocycles. The highest BCUT2D eigenvalue weighted by Crippen LogP contribution is 2.34. The van der Waals surface area contributed by atoms with Crippen molar-refractivity contribution in [3.05, 3.63) is 95.6 Å². The molecule has 172 valence electrons. The number of piperazine rings is 1. The van der Waals surface area contributed by atoms with Crippen molar-refractivity contribution >= 4 is 22.5 Å². The molecule has 1 aliphatic rings. The van der Waals surface area contributed by atoms with Crippen LogP contribution in [0.3, 0.4) is 0 Å². The van der Waals surface area contributed by atoms with Gasteiger partial charge in [0, 0.05) is 43.9 Å². The molecule has 1 amide bonds. The van der Waals surface area contributed by atoms with Gasteiger partial charge in [-0.1, -0.05) is 60.7 Å². The summed E-state index contributed by atoms with van der Waals surface area (Å²) < 4.78 is 0. The molecule has 0 aliphatic carbocycles. The second-order valence-corrected chi connectivity index (χ2v) is 8.98. The number of hydrogen-bond acceptors (Lipinski definition) is 4. The van der Waals surface area contributed by atoms with Gasteiger partial charge >= 0.3 is 0 Å². The summed E-state index contributed by atoms with van der Waals surface area (Å²) in [4.78, 5) is 22.6. The van der Waals surface area contributed by atoms with Crippen LogP contribution in [0.4, 0.5) is 5.82 Å². The number of amides is 1. The van der Waals surface area contributed by atoms with E-state index in [4.69, 9.17) is 5.73 Å². The molecule has 2 heterocycles. The average molecular weight is 451 g/mol. The molecule has 5 nitrogen and oxygen atoms in total. The largest absolute Gasteiger partial charge is 0.384 e. The highest BCUT2D eigenvalue weighted by molar-refractivity contribution is 6.11. The zero-order valence-corrected chi connectivity index (χ0v) is 19.6. The molecule has 0 atom stereocenters. The molecule has 0 radical (unpaired) electrons. The second kappa shape index (κ2) is 9.65. The summed E-state index contributed by atoms with van der Waals surface area (Å²) >= 11 is 0. The minimum Gasteiger partial charge on any atom is -0.384 e. The Kier molecular flexibility index (Phi) is 6.28. The van der Waals surface area contributed by atoms with E-state index in [1.165, 1.54) is 5.56 Å². The van der Waals surface area contributed by atoms with Crippen molar-refractivity contribution in [1.82, 2.24) is 14.8 Å². The number of aromatic nitrogens is 1. The number of carbonyl (C=O) groups excluding carboxylic acids is 1. The van der Waals surface area contributed by atoms with E-state index in [-0.39, 0.29) is 5.91 Å². The van der Waals surface area contributed by atoms with E-state index in [1.807, 2.05) is 48.2 Å². The van der Waals surface area contributed by atoms with Gasteiger partial charge in [0.15, 0.2) is 0 Å². The minimum absolute atomic E-state index is 0.106. The van der Waals surface area contributed by atoms with Crippen molar-refractivity contribution in [1.29, 1.82) is 0 Å². The first-order chi connectivity index (χ1) is 16.6. The maximum absolute atomic E-state index is 13.6. The maximum Gasteiger partial charge on any atom is 0.254 e. The lowest BCUT2D eigenvalue weighted by molar-refractivity contribution is 0.0640. The normalized spacial score (nSPS) is 14.4. The van der Waals surface area contributed by atoms with Crippen molar-refractivity contribution in [2.45, 2.75) is 13.3 Å². The van der Waals surface area contributed by atoms with E-state index in [2.05, 4.69) is 46.3 Å². The van der Waals surface area contributed by atoms with Gasteiger partial charge < -0.3 is 10.6 Å². The Labute approximate surface area is 200 Å². The Morgan fingerprint density at radius 3 is 2.32 bits per heavy atom. The topological polar surface area (TPSA) is 62.5 Å². The number of nitrogens with zero attached hydrogens (tertiary/aromatic N) is 3. The first-order valence-corrected chi connectivity index (χ1v) is 11.9. The van der Waals surface area contributed by atoms with E-state index >= 15 is 0 Å². The molecule has 5 rings (SSSR count). The summed E-state index contributed by atoms with van der Waals surface area (Å²) in [5, 5.41) is 1.99. The molecule has 5 heteroatoms. The molecule has 2 N–H and O–H groups in total. The van der Waals surface area contributed by atoms with Gasteiger partial charge in [0.1, 0.15) is 5.82 Å². The second-order valence-electron chi connectivity index (χ2n) is 8.98. The highest BCUT2D eigenvalue weighted by Gasteiger charge is 2.24. The Morgan fingerprint density at radius 2 is 1.59 bits per heavy atom. The predicted molar refractivity (Wildman–Crippen MR) is 139 cm³/mol. The fraction of sp³-hybridized carbons (Fsp3) is 0.241. The van der Waals surface area contributed by atoms with Gasteiger partial charge in [-0.05, 0) is 53.4 Å². The molecule has 1 fully saturated rings. The van der Waals surface area contributed by atoms with Crippen molar-refractivity contribution < 1.29 is 4.79 Å². The van der Waals surface area contributed by atoms with Crippen LogP contribution in [0.1, 0.15) is 21.5 Å². The number of rotatable bonds is 5. The lowest BCUT2D eigenvalue weighted by Crippen LogP contribution is -2.49. The number of benzene rings is 3. The summed E-state index contributed by atoms with van der Waals surface area (Å²) in [5.74, 6) is 0.598. The van der Waals surface area contributed by atoms with Gasteiger partial charge in [-0.25, -0.2) is 4.98 Å². The average Bonchev–Trinajstić information content (AvgIpc) is 2.87. The number of carbonyl (C=O) groups is 1. The number of nitrogens with two attached hydrogens (primary N) is 1. The summed E-state index contributed by atoms with van der Waals surface area (Å²) in [5.41, 5.74) is 11.0. The van der Waals surface area contributed by atoms with E-state index < -0.39 is 0 Å². The van der Waals surface area contributed by atoms with Crippen LogP contribution in [-0.4, -0.2) is 53.4 Å². The lowest BCUT2D eigenvalue weighted by Gasteiger charge is -2.35. The summed E-state index contributed by atoms with van der Waals surface area (Å²) in [6.45, 7) is 6.38. The van der Waals surface area contributed by atoms with Gasteiger partial charge in [0.05, 0.1) is 5.69 Å². The molecule has 4 aromatic rings. The highest BCUT2D eigenvalue weighted by atomic mass is 16.2. The van der Waals surface area contributed by atoms with Crippen LogP contribution >= 0.6 is 0 Å². The van der Waals surface area contributed by atoms with Crippen LogP contribution in [0.5, 0.6) is 0 Å². The van der Waals surface area contributed by atoms with Crippen molar-refractivity contribution in [2.24, 2.45) is 0 Å². The quantitative estimate of drug-likeness (QED) is 0.475. The zero-order valence-electron chi connectivity index (χ0n) is 19.6. The van der Waals surface area contributed by atoms with Crippen LogP contribution in [0, 0.1) is 6.92 Å². The van der Waals surface area contributed by atoms with Gasteiger partial charge in [0.2, 0.25) is 0 Å². The smallest absolute Gasteiger partial charge is 0.254 e. The Balaban J connectivity index is 1.36. The standard InChI is InChI=1S/C29H30N4O/c1-21-20-25(23-10-5-6-11-24(23)28(21)26-12-7-13-27(30)31-26)29(34)33-18-16-32(17-19-33)15-14-22-8-3-2-4-9-22/h2-13,20H,14-19H2,1H3,(H2,30,31). The molecule has 1 aromatic heterocycles. The SMILES string of the molecule is Cc1cc(C(=O)N2CCN(CCc3ccccc3)CC2)c2ccccc2c1-c1cccc(N)n1. The number of anilines is 1. The van der Waals surface area contributed by atoms with Crippen LogP contribution in [-0.2, 0) is 6.42 Å². The van der Waals surface area contributed by atoms with Crippen LogP contribution in [0.2, 0.25) is 0 Å². The Hall–Kier alpha value is -3.70. The third-order valence-electron chi connectivity index (χ3n) is 6.72. The molecular formula is C29H30N4O. The number of hydrogen-bond donors (Lipinski definition) is 1. The van der Waals surface area contributed by atoms with Gasteiger partial charge in [-0.15, -0.1) is 0 Å². The zero-order chi connectivity index (χ0) is 23.5. The van der Waals surface area contributed by atoms with E-state index in [0.717, 1.165) is 72.3 Å². The maximum atomic E-state index is 13.6. The monoisotopic (exact) mass is 450 g/mol. The van der Waals surface area contributed by atoms with E-state index in [1.54, 1.807) is 6.07 Å². The Bertz CT molecular complexity index is 1310. The Morgan fingerprint density at radius 1 is 0.882 bits per heavy atom. The van der Waals surface area contributed by atoms with Crippen molar-refractivity contribution in [2.75, 3.05) is 38.5 Å². The third-order valence-corrected chi connectivity index (χ3v) is 6.72. The summed E-state index contributed by atoms with van der Waals surface area (Å²) in [6.07, 6.45) is 1.04. The van der Waals surface area contributed by atoms with Crippen molar-refractivity contribution in [3.8, 4) is 11.3 Å². The van der Waals surface area contributed by atoms with E-state index in [0.29, 0.717) is 5.82 Å². The van der Waals surface area contributed by atoms with Crippen molar-refractivity contribution in [3.63, 3.8) is 0 Å². The molecule has 0 unspecified atom stereocenters. The molecule has 34 heavy (non-hydrogen) atoms. The number of nitrogen functional groups attached to an aromatic ring is 1. The predicted octanol–water partition coefficient (Wildman–Crippen LogP) is 4.79. The van der Waals surface area contributed by atoms with Crippen LogP contribution < -0.4 is 5.73 Å². The summed E-state index contributed by atoms with van der Waals surface area (Å²) in [7, 11) is 0. The molecule has 0 bridgehead atoms. The fourth-order valence-corrected chi connectivity index (χ4v) is 4.90. The van der Waals surface area contributed by atoms with Gasteiger partial charge in [-0.2, -0.15) is 0 Å². The molecule has 0 saturated carbocycles. The van der Waals surface area contributed by atoms with Gasteiger partial charge in [-0.3, -0.25) is 9.69 Å². The van der Waals surface area contributed by atoms with Gasteiger partial charge in [0.25, 0.3) is 5.91 Å². The minimum atomic E-state index is 0.106. The third kappa shape index (κ3) is 4.52. The molecule has 1 aliphatic heterocycles. The number of aryl methyl sites for hydroxylation is 1. The summed E-state index contributed by atoms with van der Waals surface area (Å²) in [6, 6.07) is 26.4. The first-order valence-electron chi connectivity index (χ1n) is 11.9. The van der Waals surface area contributed by atoms with Crippen LogP contribution in [0.25, 0.3) is 22.0 Å². The number of fused-ring (bicyclic) bond motifs is 1.